The monoisotopic (exact) mass is 329 g/mol. The van der Waals surface area contributed by atoms with Gasteiger partial charge in [0, 0.05) is 11.8 Å². The summed E-state index contributed by atoms with van der Waals surface area (Å²) in [6.45, 7) is 6.26. The molecule has 0 unspecified atom stereocenters. The van der Waals surface area contributed by atoms with Crippen molar-refractivity contribution in [3.8, 4) is 11.5 Å². The first kappa shape index (κ1) is 17.3. The maximum absolute atomic E-state index is 11.9. The molecule has 0 aliphatic carbocycles. The third-order valence-corrected chi connectivity index (χ3v) is 3.41. The standard InChI is InChI=1S/C18H19NO5/c1-18(2,3)11-4-7-13(8-5-11)24-17(23)19-12-6-9-14(16(21)22)15(20)10-12/h4-10,20H,1-3H3,(H,19,23)(H,21,22). The average molecular weight is 329 g/mol. The van der Waals surface area contributed by atoms with Crippen molar-refractivity contribution >= 4 is 17.7 Å². The van der Waals surface area contributed by atoms with Crippen molar-refractivity contribution in [1.29, 1.82) is 0 Å². The minimum Gasteiger partial charge on any atom is -0.507 e. The first-order valence-electron chi connectivity index (χ1n) is 7.32. The highest BCUT2D eigenvalue weighted by atomic mass is 16.6. The Bertz CT molecular complexity index is 760. The molecule has 24 heavy (non-hydrogen) atoms. The van der Waals surface area contributed by atoms with Crippen LogP contribution in [-0.2, 0) is 5.41 Å². The molecule has 0 aliphatic heterocycles. The fourth-order valence-corrected chi connectivity index (χ4v) is 2.06. The number of hydrogen-bond acceptors (Lipinski definition) is 4. The van der Waals surface area contributed by atoms with E-state index in [1.165, 1.54) is 12.1 Å². The Kier molecular flexibility index (Phi) is 4.78. The molecule has 0 saturated carbocycles. The van der Waals surface area contributed by atoms with Crippen molar-refractivity contribution in [2.24, 2.45) is 0 Å². The lowest BCUT2D eigenvalue weighted by atomic mass is 9.87. The van der Waals surface area contributed by atoms with Crippen LogP contribution in [0.25, 0.3) is 0 Å². The maximum Gasteiger partial charge on any atom is 0.417 e. The summed E-state index contributed by atoms with van der Waals surface area (Å²) in [6, 6.07) is 10.9. The van der Waals surface area contributed by atoms with Crippen molar-refractivity contribution < 1.29 is 24.5 Å². The molecule has 6 nitrogen and oxygen atoms in total. The van der Waals surface area contributed by atoms with E-state index in [2.05, 4.69) is 26.1 Å². The van der Waals surface area contributed by atoms with Gasteiger partial charge in [-0.25, -0.2) is 9.59 Å². The Balaban J connectivity index is 2.03. The molecule has 0 radical (unpaired) electrons. The summed E-state index contributed by atoms with van der Waals surface area (Å²) in [6.07, 6.45) is -0.735. The van der Waals surface area contributed by atoms with Crippen molar-refractivity contribution in [3.63, 3.8) is 0 Å². The first-order valence-corrected chi connectivity index (χ1v) is 7.32. The molecule has 2 aromatic rings. The van der Waals surface area contributed by atoms with Crippen molar-refractivity contribution in [2.75, 3.05) is 5.32 Å². The van der Waals surface area contributed by atoms with Gasteiger partial charge in [0.05, 0.1) is 0 Å². The summed E-state index contributed by atoms with van der Waals surface area (Å²) >= 11 is 0. The number of aromatic hydroxyl groups is 1. The number of aromatic carboxylic acids is 1. The lowest BCUT2D eigenvalue weighted by Gasteiger charge is -2.19. The molecule has 0 aromatic heterocycles. The van der Waals surface area contributed by atoms with Crippen molar-refractivity contribution in [3.05, 3.63) is 53.6 Å². The van der Waals surface area contributed by atoms with Gasteiger partial charge in [0.2, 0.25) is 0 Å². The topological polar surface area (TPSA) is 95.9 Å². The Morgan fingerprint density at radius 3 is 2.17 bits per heavy atom. The van der Waals surface area contributed by atoms with Gasteiger partial charge in [0.15, 0.2) is 0 Å². The molecular weight excluding hydrogens is 310 g/mol. The minimum atomic E-state index is -1.25. The number of nitrogens with one attached hydrogen (secondary N) is 1. The van der Waals surface area contributed by atoms with Gasteiger partial charge in [-0.15, -0.1) is 0 Å². The number of carboxylic acids is 1. The van der Waals surface area contributed by atoms with E-state index in [4.69, 9.17) is 9.84 Å². The van der Waals surface area contributed by atoms with E-state index in [-0.39, 0.29) is 16.7 Å². The highest BCUT2D eigenvalue weighted by Crippen LogP contribution is 2.25. The highest BCUT2D eigenvalue weighted by molar-refractivity contribution is 5.93. The molecule has 0 spiro atoms. The molecule has 3 N–H and O–H groups in total. The van der Waals surface area contributed by atoms with Crippen LogP contribution in [0.2, 0.25) is 0 Å². The molecule has 0 heterocycles. The summed E-state index contributed by atoms with van der Waals surface area (Å²) in [7, 11) is 0. The van der Waals surface area contributed by atoms with Crippen molar-refractivity contribution in [1.82, 2.24) is 0 Å². The fraction of sp³-hybridized carbons (Fsp3) is 0.222. The lowest BCUT2D eigenvalue weighted by Crippen LogP contribution is -2.17. The zero-order valence-electron chi connectivity index (χ0n) is 13.7. The van der Waals surface area contributed by atoms with Gasteiger partial charge in [-0.1, -0.05) is 32.9 Å². The zero-order valence-corrected chi connectivity index (χ0v) is 13.7. The molecule has 0 fully saturated rings. The van der Waals surface area contributed by atoms with Crippen LogP contribution in [0.15, 0.2) is 42.5 Å². The second-order valence-electron chi connectivity index (χ2n) is 6.33. The van der Waals surface area contributed by atoms with Crippen LogP contribution in [0, 0.1) is 0 Å². The van der Waals surface area contributed by atoms with Crippen LogP contribution >= 0.6 is 0 Å². The SMILES string of the molecule is CC(C)(C)c1ccc(OC(=O)Nc2ccc(C(=O)O)c(O)c2)cc1. The van der Waals surface area contributed by atoms with E-state index >= 15 is 0 Å². The zero-order chi connectivity index (χ0) is 17.9. The van der Waals surface area contributed by atoms with Crippen LogP contribution in [0.4, 0.5) is 10.5 Å². The van der Waals surface area contributed by atoms with Gasteiger partial charge < -0.3 is 14.9 Å². The van der Waals surface area contributed by atoms with Gasteiger partial charge in [-0.3, -0.25) is 5.32 Å². The van der Waals surface area contributed by atoms with Gasteiger partial charge in [0.1, 0.15) is 17.1 Å². The lowest BCUT2D eigenvalue weighted by molar-refractivity contribution is 0.0693. The summed E-state index contributed by atoms with van der Waals surface area (Å²) in [5.74, 6) is -1.30. The number of carbonyl (C=O) groups excluding carboxylic acids is 1. The number of carbonyl (C=O) groups is 2. The quantitative estimate of drug-likeness (QED) is 0.791. The predicted molar refractivity (Wildman–Crippen MR) is 89.9 cm³/mol. The number of anilines is 1. The number of phenols is 1. The number of amides is 1. The Morgan fingerprint density at radius 1 is 1.04 bits per heavy atom. The van der Waals surface area contributed by atoms with E-state index in [0.29, 0.717) is 5.75 Å². The van der Waals surface area contributed by atoms with Crippen molar-refractivity contribution in [2.45, 2.75) is 26.2 Å². The second-order valence-corrected chi connectivity index (χ2v) is 6.33. The summed E-state index contributed by atoms with van der Waals surface area (Å²) in [5.41, 5.74) is 1.11. The van der Waals surface area contributed by atoms with E-state index in [0.717, 1.165) is 11.6 Å². The number of ether oxygens (including phenoxy) is 1. The summed E-state index contributed by atoms with van der Waals surface area (Å²) in [5, 5.41) is 20.9. The van der Waals surface area contributed by atoms with Crippen LogP contribution in [0.3, 0.4) is 0 Å². The Morgan fingerprint density at radius 2 is 1.67 bits per heavy atom. The maximum atomic E-state index is 11.9. The third kappa shape index (κ3) is 4.25. The van der Waals surface area contributed by atoms with Gasteiger partial charge in [-0.05, 0) is 35.2 Å². The smallest absolute Gasteiger partial charge is 0.417 e. The number of carboxylic acid groups (broad SMARTS) is 1. The Labute approximate surface area is 139 Å². The molecule has 0 aliphatic rings. The van der Waals surface area contributed by atoms with E-state index < -0.39 is 17.8 Å². The molecule has 126 valence electrons. The molecule has 1 amide bonds. The van der Waals surface area contributed by atoms with E-state index in [1.807, 2.05) is 12.1 Å². The highest BCUT2D eigenvalue weighted by Gasteiger charge is 2.14. The van der Waals surface area contributed by atoms with Gasteiger partial charge in [-0.2, -0.15) is 0 Å². The molecule has 6 heteroatoms. The van der Waals surface area contributed by atoms with Crippen LogP contribution in [0.5, 0.6) is 11.5 Å². The normalized spacial score (nSPS) is 11.0. The molecule has 2 rings (SSSR count). The second kappa shape index (κ2) is 6.62. The molecular formula is C18H19NO5. The van der Waals surface area contributed by atoms with Crippen LogP contribution in [-0.4, -0.2) is 22.3 Å². The van der Waals surface area contributed by atoms with Crippen LogP contribution in [0.1, 0.15) is 36.7 Å². The first-order chi connectivity index (χ1) is 11.2. The van der Waals surface area contributed by atoms with Gasteiger partial charge in [0.25, 0.3) is 0 Å². The largest absolute Gasteiger partial charge is 0.507 e. The minimum absolute atomic E-state index is 0.00417. The molecule has 0 atom stereocenters. The van der Waals surface area contributed by atoms with Crippen LogP contribution < -0.4 is 10.1 Å². The number of rotatable bonds is 3. The fourth-order valence-electron chi connectivity index (χ4n) is 2.06. The van der Waals surface area contributed by atoms with E-state index in [1.54, 1.807) is 12.1 Å². The number of benzene rings is 2. The van der Waals surface area contributed by atoms with Gasteiger partial charge >= 0.3 is 12.1 Å². The summed E-state index contributed by atoms with van der Waals surface area (Å²) in [4.78, 5) is 22.7. The predicted octanol–water partition coefficient (Wildman–Crippen LogP) is 4.00. The number of hydrogen-bond donors (Lipinski definition) is 3. The Hall–Kier alpha value is -3.02. The molecule has 0 saturated heterocycles. The molecule has 2 aromatic carbocycles. The average Bonchev–Trinajstić information content (AvgIpc) is 2.46. The molecule has 0 bridgehead atoms. The van der Waals surface area contributed by atoms with E-state index in [9.17, 15) is 14.7 Å². The third-order valence-electron chi connectivity index (χ3n) is 3.41. The summed E-state index contributed by atoms with van der Waals surface area (Å²) < 4.78 is 5.16.